The molecule has 1 fully saturated rings. The lowest BCUT2D eigenvalue weighted by Crippen LogP contribution is -2.53. The van der Waals surface area contributed by atoms with Gasteiger partial charge in [0.05, 0.1) is 12.5 Å². The van der Waals surface area contributed by atoms with Crippen molar-refractivity contribution >= 4 is 33.9 Å². The number of nitrogens with zero attached hydrogens (tertiary/aromatic N) is 1. The largest absolute Gasteiger partial charge is 0.588 e. The van der Waals surface area contributed by atoms with Crippen LogP contribution in [0.25, 0.3) is 11.0 Å². The molecule has 1 N–H and O–H groups in total. The smallest absolute Gasteiger partial charge is 0.395 e. The molecule has 0 radical (unpaired) electrons. The Labute approximate surface area is 179 Å². The average Bonchev–Trinajstić information content (AvgIpc) is 3.10. The first kappa shape index (κ1) is 21.4. The maximum Gasteiger partial charge on any atom is 0.395 e. The molecule has 1 aromatic heterocycles. The van der Waals surface area contributed by atoms with E-state index in [1.54, 1.807) is 54.3 Å². The summed E-state index contributed by atoms with van der Waals surface area (Å²) in [4.78, 5) is 14.5. The summed E-state index contributed by atoms with van der Waals surface area (Å²) in [5.74, 6) is -1.66. The van der Waals surface area contributed by atoms with Crippen molar-refractivity contribution in [2.75, 3.05) is 24.6 Å². The molecule has 1 atom stereocenters. The van der Waals surface area contributed by atoms with Gasteiger partial charge in [0, 0.05) is 30.2 Å². The van der Waals surface area contributed by atoms with Crippen LogP contribution in [-0.2, 0) is 11.4 Å². The second-order valence-corrected chi connectivity index (χ2v) is 8.24. The molecule has 4 rings (SSSR count). The second-order valence-electron chi connectivity index (χ2n) is 7.06. The predicted octanol–water partition coefficient (Wildman–Crippen LogP) is 4.28. The number of halogens is 3. The van der Waals surface area contributed by atoms with E-state index in [1.165, 1.54) is 6.07 Å². The van der Waals surface area contributed by atoms with Crippen molar-refractivity contribution in [3.63, 3.8) is 0 Å². The van der Waals surface area contributed by atoms with E-state index in [2.05, 4.69) is 4.72 Å². The number of hydrogen-bond donors (Lipinski definition) is 1. The van der Waals surface area contributed by atoms with Gasteiger partial charge in [0.1, 0.15) is 16.9 Å². The summed E-state index contributed by atoms with van der Waals surface area (Å²) >= 11 is -1.86. The number of carbonyl (C=O) groups is 1. The number of hydrogen-bond acceptors (Lipinski definition) is 5. The number of fused-ring (bicyclic) bond motifs is 1. The van der Waals surface area contributed by atoms with E-state index >= 15 is 0 Å². The first-order valence-corrected chi connectivity index (χ1v) is 10.7. The average molecular weight is 452 g/mol. The van der Waals surface area contributed by atoms with Gasteiger partial charge in [0.25, 0.3) is 0 Å². The maximum atomic E-state index is 12.7. The first-order chi connectivity index (χ1) is 14.8. The van der Waals surface area contributed by atoms with Gasteiger partial charge in [-0.3, -0.25) is 4.79 Å². The van der Waals surface area contributed by atoms with Crippen LogP contribution >= 0.6 is 0 Å². The highest BCUT2D eigenvalue weighted by atomic mass is 32.2. The monoisotopic (exact) mass is 452 g/mol. The van der Waals surface area contributed by atoms with Gasteiger partial charge in [-0.25, -0.2) is 0 Å². The number of anilines is 1. The number of alkyl halides is 3. The molecule has 0 bridgehead atoms. The Morgan fingerprint density at radius 2 is 2.00 bits per heavy atom. The molecule has 1 aliphatic rings. The number of carbonyl (C=O) groups excluding carboxylic acids is 1. The normalized spacial score (nSPS) is 15.6. The minimum atomic E-state index is -4.20. The summed E-state index contributed by atoms with van der Waals surface area (Å²) in [7, 11) is 0. The standard InChI is InChI=1S/C21H19F3N2O4S/c1-2-29-16-5-3-4-6-19(16)31(28)25-20(27)18-9-13-7-8-15(10-17(13)30-18)26-11-14(12-26)21(22,23)24/h3-10,14H,2,11-12H2,1H3,(H,25,27). The highest BCUT2D eigenvalue weighted by Crippen LogP contribution is 2.37. The highest BCUT2D eigenvalue weighted by molar-refractivity contribution is 7.90. The van der Waals surface area contributed by atoms with Crippen molar-refractivity contribution in [3.8, 4) is 5.75 Å². The van der Waals surface area contributed by atoms with Crippen molar-refractivity contribution in [1.29, 1.82) is 0 Å². The summed E-state index contributed by atoms with van der Waals surface area (Å²) < 4.78 is 64.1. The van der Waals surface area contributed by atoms with E-state index in [0.29, 0.717) is 33.9 Å². The van der Waals surface area contributed by atoms with Crippen LogP contribution in [0.1, 0.15) is 17.5 Å². The van der Waals surface area contributed by atoms with Gasteiger partial charge in [-0.15, -0.1) is 0 Å². The van der Waals surface area contributed by atoms with E-state index in [0.717, 1.165) is 0 Å². The quantitative estimate of drug-likeness (QED) is 0.565. The number of rotatable bonds is 6. The maximum absolute atomic E-state index is 12.7. The summed E-state index contributed by atoms with van der Waals surface area (Å²) in [5.41, 5.74) is 0.946. The van der Waals surface area contributed by atoms with Crippen molar-refractivity contribution in [1.82, 2.24) is 4.72 Å². The Kier molecular flexibility index (Phi) is 5.76. The van der Waals surface area contributed by atoms with Gasteiger partial charge in [0.15, 0.2) is 11.5 Å². The molecule has 1 amide bonds. The molecule has 6 nitrogen and oxygen atoms in total. The SMILES string of the molecule is CCOc1ccccc1[S+]([O-])NC(=O)c1cc2ccc(N3CC(C(F)(F)F)C3)cc2o1. The fourth-order valence-electron chi connectivity index (χ4n) is 3.29. The molecule has 164 valence electrons. The van der Waals surface area contributed by atoms with Crippen molar-refractivity contribution < 1.29 is 31.7 Å². The second kappa shape index (κ2) is 8.35. The van der Waals surface area contributed by atoms with Gasteiger partial charge in [-0.05, 0) is 37.3 Å². The third-order valence-corrected chi connectivity index (χ3v) is 6.08. The van der Waals surface area contributed by atoms with E-state index in [4.69, 9.17) is 9.15 Å². The predicted molar refractivity (Wildman–Crippen MR) is 109 cm³/mol. The zero-order valence-corrected chi connectivity index (χ0v) is 17.3. The molecule has 2 aromatic carbocycles. The van der Waals surface area contributed by atoms with Gasteiger partial charge >= 0.3 is 12.1 Å². The van der Waals surface area contributed by atoms with Gasteiger partial charge in [0.2, 0.25) is 4.90 Å². The lowest BCUT2D eigenvalue weighted by molar-refractivity contribution is -0.180. The summed E-state index contributed by atoms with van der Waals surface area (Å²) in [6.07, 6.45) is -4.20. The lowest BCUT2D eigenvalue weighted by Gasteiger charge is -2.41. The Morgan fingerprint density at radius 3 is 2.71 bits per heavy atom. The van der Waals surface area contributed by atoms with Crippen LogP contribution in [0.2, 0.25) is 0 Å². The molecule has 10 heteroatoms. The van der Waals surface area contributed by atoms with Crippen LogP contribution in [0, 0.1) is 5.92 Å². The molecule has 0 spiro atoms. The minimum Gasteiger partial charge on any atom is -0.588 e. The fourth-order valence-corrected chi connectivity index (χ4v) is 4.18. The molecular formula is C21H19F3N2O4S. The zero-order valence-electron chi connectivity index (χ0n) is 16.4. The van der Waals surface area contributed by atoms with E-state index < -0.39 is 29.4 Å². The van der Waals surface area contributed by atoms with Crippen LogP contribution in [-0.4, -0.2) is 36.3 Å². The molecule has 0 aliphatic carbocycles. The number of nitrogens with one attached hydrogen (secondary N) is 1. The molecule has 0 saturated carbocycles. The molecule has 1 unspecified atom stereocenters. The van der Waals surface area contributed by atoms with E-state index in [1.807, 2.05) is 0 Å². The Morgan fingerprint density at radius 1 is 1.26 bits per heavy atom. The van der Waals surface area contributed by atoms with Crippen LogP contribution in [0.3, 0.4) is 0 Å². The third kappa shape index (κ3) is 4.45. The molecule has 3 aromatic rings. The lowest BCUT2D eigenvalue weighted by atomic mass is 9.98. The Hall–Kier alpha value is -2.85. The molecule has 31 heavy (non-hydrogen) atoms. The van der Waals surface area contributed by atoms with Crippen molar-refractivity contribution in [3.05, 3.63) is 54.3 Å². The number of benzene rings is 2. The van der Waals surface area contributed by atoms with Crippen molar-refractivity contribution in [2.24, 2.45) is 5.92 Å². The highest BCUT2D eigenvalue weighted by Gasteiger charge is 2.47. The number of amides is 1. The summed E-state index contributed by atoms with van der Waals surface area (Å²) in [6.45, 7) is 1.96. The summed E-state index contributed by atoms with van der Waals surface area (Å²) in [6, 6.07) is 13.1. The Balaban J connectivity index is 1.47. The van der Waals surface area contributed by atoms with Gasteiger partial charge in [-0.2, -0.15) is 17.9 Å². The minimum absolute atomic E-state index is 0.0498. The molecule has 1 saturated heterocycles. The van der Waals surface area contributed by atoms with E-state index in [-0.39, 0.29) is 18.8 Å². The van der Waals surface area contributed by atoms with Gasteiger partial charge < -0.3 is 18.6 Å². The number of para-hydroxylation sites is 1. The fraction of sp³-hybridized carbons (Fsp3) is 0.286. The van der Waals surface area contributed by atoms with Gasteiger partial charge in [-0.1, -0.05) is 12.1 Å². The number of furan rings is 1. The van der Waals surface area contributed by atoms with E-state index in [9.17, 15) is 22.5 Å². The van der Waals surface area contributed by atoms with Crippen LogP contribution < -0.4 is 14.4 Å². The van der Waals surface area contributed by atoms with Crippen LogP contribution in [0.5, 0.6) is 5.75 Å². The summed E-state index contributed by atoms with van der Waals surface area (Å²) in [5, 5.41) is 0.613. The molecule has 1 aliphatic heterocycles. The van der Waals surface area contributed by atoms with Crippen molar-refractivity contribution in [2.45, 2.75) is 18.0 Å². The van der Waals surface area contributed by atoms with Crippen LogP contribution in [0.15, 0.2) is 57.8 Å². The zero-order chi connectivity index (χ0) is 22.2. The topological polar surface area (TPSA) is 77.8 Å². The number of ether oxygens (including phenoxy) is 1. The Bertz CT molecular complexity index is 1100. The molecular weight excluding hydrogens is 433 g/mol. The first-order valence-electron chi connectivity index (χ1n) is 9.56. The van der Waals surface area contributed by atoms with Crippen LogP contribution in [0.4, 0.5) is 18.9 Å². The third-order valence-electron chi connectivity index (χ3n) is 4.97. The molecule has 2 heterocycles.